The molecule has 1 aromatic rings. The average Bonchev–Trinajstić information content (AvgIpc) is 2.81. The van der Waals surface area contributed by atoms with E-state index in [0.717, 1.165) is 18.7 Å². The second kappa shape index (κ2) is 5.03. The molecule has 0 aromatic heterocycles. The molecule has 0 amide bonds. The smallest absolute Gasteiger partial charge is 0.189 e. The highest BCUT2D eigenvalue weighted by molar-refractivity contribution is 6.04. The number of halogens is 1. The van der Waals surface area contributed by atoms with Gasteiger partial charge in [-0.05, 0) is 37.1 Å². The fraction of sp³-hybridized carbons (Fsp3) is 0.400. The molecular weight excluding hydrogens is 243 g/mol. The Bertz CT molecular complexity index is 493. The van der Waals surface area contributed by atoms with Crippen LogP contribution < -0.4 is 10.6 Å². The summed E-state index contributed by atoms with van der Waals surface area (Å²) in [5, 5.41) is 6.72. The Morgan fingerprint density at radius 1 is 1.11 bits per heavy atom. The van der Waals surface area contributed by atoms with Gasteiger partial charge in [-0.15, -0.1) is 0 Å². The Hall–Kier alpha value is -1.84. The molecule has 3 rings (SSSR count). The molecule has 3 nitrogen and oxygen atoms in total. The molecule has 1 heterocycles. The monoisotopic (exact) mass is 260 g/mol. The van der Waals surface area contributed by atoms with Gasteiger partial charge in [-0.25, -0.2) is 4.39 Å². The summed E-state index contributed by atoms with van der Waals surface area (Å²) >= 11 is 0. The number of carbonyl (C=O) groups excluding carboxylic acids is 1. The highest BCUT2D eigenvalue weighted by atomic mass is 19.1. The lowest BCUT2D eigenvalue weighted by Gasteiger charge is -2.23. The number of fused-ring (bicyclic) bond motifs is 1. The molecule has 1 aliphatic heterocycles. The zero-order chi connectivity index (χ0) is 13.2. The molecule has 4 heteroatoms. The van der Waals surface area contributed by atoms with Crippen molar-refractivity contribution < 1.29 is 9.18 Å². The van der Waals surface area contributed by atoms with Crippen molar-refractivity contribution in [2.45, 2.75) is 37.8 Å². The quantitative estimate of drug-likeness (QED) is 0.633. The van der Waals surface area contributed by atoms with Gasteiger partial charge in [0.1, 0.15) is 11.6 Å². The molecule has 1 saturated carbocycles. The van der Waals surface area contributed by atoms with Crippen LogP contribution in [0.15, 0.2) is 36.2 Å². The van der Waals surface area contributed by atoms with Crippen LogP contribution in [0.5, 0.6) is 0 Å². The number of benzene rings is 1. The van der Waals surface area contributed by atoms with Gasteiger partial charge < -0.3 is 10.6 Å². The average molecular weight is 260 g/mol. The molecule has 1 aliphatic carbocycles. The maximum atomic E-state index is 12.8. The van der Waals surface area contributed by atoms with Crippen LogP contribution in [0.3, 0.4) is 0 Å². The van der Waals surface area contributed by atoms with Crippen LogP contribution in [0.2, 0.25) is 0 Å². The maximum absolute atomic E-state index is 12.8. The zero-order valence-corrected chi connectivity index (χ0v) is 10.7. The van der Waals surface area contributed by atoms with E-state index < -0.39 is 0 Å². The minimum Gasteiger partial charge on any atom is -0.367 e. The Balaban J connectivity index is 1.72. The molecule has 0 spiro atoms. The van der Waals surface area contributed by atoms with Crippen molar-refractivity contribution in [2.75, 3.05) is 0 Å². The predicted octanol–water partition coefficient (Wildman–Crippen LogP) is 2.35. The van der Waals surface area contributed by atoms with Crippen molar-refractivity contribution in [3.63, 3.8) is 0 Å². The minimum atomic E-state index is -0.327. The third kappa shape index (κ3) is 2.62. The van der Waals surface area contributed by atoms with Crippen LogP contribution in [0.1, 0.15) is 36.0 Å². The van der Waals surface area contributed by atoms with Crippen molar-refractivity contribution in [1.82, 2.24) is 10.6 Å². The van der Waals surface area contributed by atoms with Crippen LogP contribution in [0, 0.1) is 5.82 Å². The van der Waals surface area contributed by atoms with E-state index >= 15 is 0 Å². The SMILES string of the molecule is O=C(C=C1N[C@@H]2CCCC[C@H]2N1)c1ccc(F)cc1. The molecule has 100 valence electrons. The first-order chi connectivity index (χ1) is 9.22. The second-order valence-corrected chi connectivity index (χ2v) is 5.22. The highest BCUT2D eigenvalue weighted by Crippen LogP contribution is 2.23. The zero-order valence-electron chi connectivity index (χ0n) is 10.7. The van der Waals surface area contributed by atoms with Crippen molar-refractivity contribution in [2.24, 2.45) is 0 Å². The van der Waals surface area contributed by atoms with Gasteiger partial charge >= 0.3 is 0 Å². The molecular formula is C15H17FN2O. The third-order valence-electron chi connectivity index (χ3n) is 3.85. The molecule has 2 aliphatic rings. The lowest BCUT2D eigenvalue weighted by Crippen LogP contribution is -2.36. The molecule has 1 saturated heterocycles. The predicted molar refractivity (Wildman–Crippen MR) is 71.1 cm³/mol. The van der Waals surface area contributed by atoms with Gasteiger partial charge in [0.15, 0.2) is 5.78 Å². The first-order valence-corrected chi connectivity index (χ1v) is 6.77. The third-order valence-corrected chi connectivity index (χ3v) is 3.85. The van der Waals surface area contributed by atoms with Gasteiger partial charge in [0.2, 0.25) is 0 Å². The van der Waals surface area contributed by atoms with Crippen LogP contribution >= 0.6 is 0 Å². The van der Waals surface area contributed by atoms with Gasteiger partial charge in [0.05, 0.1) is 0 Å². The standard InChI is InChI=1S/C15H17FN2O/c16-11-7-5-10(6-8-11)14(19)9-15-17-12-3-1-2-4-13(12)18-15/h5-9,12-13,17-18H,1-4H2/t12-,13-/m1/s1. The van der Waals surface area contributed by atoms with E-state index in [0.29, 0.717) is 17.6 Å². The lowest BCUT2D eigenvalue weighted by atomic mass is 9.92. The molecule has 0 bridgehead atoms. The summed E-state index contributed by atoms with van der Waals surface area (Å²) in [5.41, 5.74) is 0.507. The molecule has 2 fully saturated rings. The molecule has 0 unspecified atom stereocenters. The van der Waals surface area contributed by atoms with Crippen LogP contribution in [-0.4, -0.2) is 17.9 Å². The molecule has 0 radical (unpaired) electrons. The fourth-order valence-electron chi connectivity index (χ4n) is 2.83. The Kier molecular flexibility index (Phi) is 3.23. The topological polar surface area (TPSA) is 41.1 Å². The summed E-state index contributed by atoms with van der Waals surface area (Å²) in [4.78, 5) is 12.0. The second-order valence-electron chi connectivity index (χ2n) is 5.22. The summed E-state index contributed by atoms with van der Waals surface area (Å²) in [6.07, 6.45) is 6.37. The number of carbonyl (C=O) groups is 1. The van der Waals surface area contributed by atoms with Crippen molar-refractivity contribution in [1.29, 1.82) is 0 Å². The van der Waals surface area contributed by atoms with E-state index in [2.05, 4.69) is 10.6 Å². The number of nitrogens with one attached hydrogen (secondary N) is 2. The van der Waals surface area contributed by atoms with Gasteiger partial charge in [-0.3, -0.25) is 4.79 Å². The molecule has 1 aromatic carbocycles. The summed E-state index contributed by atoms with van der Waals surface area (Å²) < 4.78 is 12.8. The van der Waals surface area contributed by atoms with E-state index in [-0.39, 0.29) is 11.6 Å². The van der Waals surface area contributed by atoms with Gasteiger partial charge in [0, 0.05) is 23.7 Å². The van der Waals surface area contributed by atoms with E-state index in [1.54, 1.807) is 6.08 Å². The summed E-state index contributed by atoms with van der Waals surface area (Å²) in [5.74, 6) is 0.368. The fourth-order valence-corrected chi connectivity index (χ4v) is 2.83. The summed E-state index contributed by atoms with van der Waals surface area (Å²) in [7, 11) is 0. The van der Waals surface area contributed by atoms with Crippen molar-refractivity contribution in [3.05, 3.63) is 47.5 Å². The van der Waals surface area contributed by atoms with Crippen molar-refractivity contribution in [3.8, 4) is 0 Å². The summed E-state index contributed by atoms with van der Waals surface area (Å²) in [6, 6.07) is 6.53. The van der Waals surface area contributed by atoms with E-state index in [1.807, 2.05) is 0 Å². The normalized spacial score (nSPS) is 25.2. The summed E-state index contributed by atoms with van der Waals surface area (Å²) in [6.45, 7) is 0. The van der Waals surface area contributed by atoms with Gasteiger partial charge in [0.25, 0.3) is 0 Å². The van der Waals surface area contributed by atoms with Gasteiger partial charge in [-0.2, -0.15) is 0 Å². The van der Waals surface area contributed by atoms with Crippen molar-refractivity contribution >= 4 is 5.78 Å². The lowest BCUT2D eigenvalue weighted by molar-refractivity contribution is 0.104. The van der Waals surface area contributed by atoms with E-state index in [1.165, 1.54) is 37.1 Å². The van der Waals surface area contributed by atoms with Crippen LogP contribution in [0.25, 0.3) is 0 Å². The van der Waals surface area contributed by atoms with E-state index in [9.17, 15) is 9.18 Å². The maximum Gasteiger partial charge on any atom is 0.189 e. The Morgan fingerprint density at radius 3 is 2.26 bits per heavy atom. The number of allylic oxidation sites excluding steroid dienone is 1. The van der Waals surface area contributed by atoms with Gasteiger partial charge in [-0.1, -0.05) is 12.8 Å². The first kappa shape index (κ1) is 12.2. The Labute approximate surface area is 111 Å². The largest absolute Gasteiger partial charge is 0.367 e. The minimum absolute atomic E-state index is 0.103. The number of hydrogen-bond donors (Lipinski definition) is 2. The molecule has 19 heavy (non-hydrogen) atoms. The van der Waals surface area contributed by atoms with Crippen LogP contribution in [0.4, 0.5) is 4.39 Å². The highest BCUT2D eigenvalue weighted by Gasteiger charge is 2.31. The number of hydrogen-bond acceptors (Lipinski definition) is 3. The number of rotatable bonds is 2. The Morgan fingerprint density at radius 2 is 1.68 bits per heavy atom. The van der Waals surface area contributed by atoms with E-state index in [4.69, 9.17) is 0 Å². The van der Waals surface area contributed by atoms with Crippen LogP contribution in [-0.2, 0) is 0 Å². The molecule has 2 N–H and O–H groups in total. The molecule has 2 atom stereocenters. The first-order valence-electron chi connectivity index (χ1n) is 6.77. The number of ketones is 1.